The zero-order chi connectivity index (χ0) is 12.1. The normalized spacial score (nSPS) is 11.0. The van der Waals surface area contributed by atoms with Crippen LogP contribution < -0.4 is 5.32 Å². The summed E-state index contributed by atoms with van der Waals surface area (Å²) in [7, 11) is 0. The maximum atomic E-state index is 10.6. The Balaban J connectivity index is 2.43. The van der Waals surface area contributed by atoms with Crippen molar-refractivity contribution in [1.29, 1.82) is 0 Å². The fraction of sp³-hybridized carbons (Fsp3) is 0.700. The van der Waals surface area contributed by atoms with E-state index in [4.69, 9.17) is 0 Å². The van der Waals surface area contributed by atoms with Crippen LogP contribution in [-0.2, 0) is 6.54 Å². The highest BCUT2D eigenvalue weighted by atomic mass is 16.6. The number of nitro groups is 1. The number of nitrogens with zero attached hydrogens (tertiary/aromatic N) is 3. The average Bonchev–Trinajstić information content (AvgIpc) is 2.54. The third-order valence-corrected chi connectivity index (χ3v) is 2.21. The molecular formula is C10H18N4O2. The Kier molecular flexibility index (Phi) is 4.42. The van der Waals surface area contributed by atoms with Crippen molar-refractivity contribution in [2.45, 2.75) is 39.8 Å². The molecule has 1 rings (SSSR count). The number of aryl methyl sites for hydroxylation is 2. The monoisotopic (exact) mass is 226 g/mol. The van der Waals surface area contributed by atoms with Gasteiger partial charge in [0.2, 0.25) is 0 Å². The summed E-state index contributed by atoms with van der Waals surface area (Å²) >= 11 is 0. The van der Waals surface area contributed by atoms with E-state index in [0.717, 1.165) is 13.0 Å². The molecule has 16 heavy (non-hydrogen) atoms. The fourth-order valence-electron chi connectivity index (χ4n) is 1.44. The molecule has 0 radical (unpaired) electrons. The second-order valence-electron chi connectivity index (χ2n) is 4.12. The summed E-state index contributed by atoms with van der Waals surface area (Å²) in [5, 5.41) is 17.8. The zero-order valence-electron chi connectivity index (χ0n) is 9.93. The van der Waals surface area contributed by atoms with Gasteiger partial charge in [0.05, 0.1) is 23.4 Å². The van der Waals surface area contributed by atoms with Gasteiger partial charge in [-0.1, -0.05) is 13.8 Å². The van der Waals surface area contributed by atoms with E-state index in [1.807, 2.05) is 0 Å². The molecule has 0 bridgehead atoms. The molecule has 0 aliphatic carbocycles. The Bertz CT molecular complexity index is 360. The summed E-state index contributed by atoms with van der Waals surface area (Å²) in [5.74, 6) is -0.0446. The number of hydrogen-bond acceptors (Lipinski definition) is 4. The lowest BCUT2D eigenvalue weighted by molar-refractivity contribution is -0.390. The number of nitrogens with one attached hydrogen (secondary N) is 1. The molecule has 90 valence electrons. The van der Waals surface area contributed by atoms with Gasteiger partial charge in [-0.15, -0.1) is 0 Å². The Labute approximate surface area is 94.8 Å². The van der Waals surface area contributed by atoms with Crippen LogP contribution in [0.4, 0.5) is 5.82 Å². The van der Waals surface area contributed by atoms with Crippen molar-refractivity contribution in [2.24, 2.45) is 0 Å². The van der Waals surface area contributed by atoms with Crippen LogP contribution in [0.5, 0.6) is 0 Å². The topological polar surface area (TPSA) is 73.0 Å². The van der Waals surface area contributed by atoms with E-state index in [-0.39, 0.29) is 5.82 Å². The van der Waals surface area contributed by atoms with Gasteiger partial charge in [0.1, 0.15) is 0 Å². The number of hydrogen-bond donors (Lipinski definition) is 1. The molecule has 0 saturated carbocycles. The van der Waals surface area contributed by atoms with E-state index >= 15 is 0 Å². The van der Waals surface area contributed by atoms with Gasteiger partial charge in [-0.3, -0.25) is 0 Å². The van der Waals surface area contributed by atoms with E-state index in [9.17, 15) is 10.1 Å². The van der Waals surface area contributed by atoms with Gasteiger partial charge < -0.3 is 15.4 Å². The third kappa shape index (κ3) is 3.62. The van der Waals surface area contributed by atoms with E-state index in [0.29, 0.717) is 18.2 Å². The van der Waals surface area contributed by atoms with Crippen LogP contribution in [0.25, 0.3) is 0 Å². The van der Waals surface area contributed by atoms with Crippen molar-refractivity contribution in [1.82, 2.24) is 15.1 Å². The van der Waals surface area contributed by atoms with Gasteiger partial charge >= 0.3 is 5.82 Å². The summed E-state index contributed by atoms with van der Waals surface area (Å²) in [4.78, 5) is 10.1. The fourth-order valence-corrected chi connectivity index (χ4v) is 1.44. The quantitative estimate of drug-likeness (QED) is 0.453. The first-order chi connectivity index (χ1) is 7.50. The third-order valence-electron chi connectivity index (χ3n) is 2.21. The van der Waals surface area contributed by atoms with Crippen molar-refractivity contribution in [3.05, 3.63) is 21.9 Å². The smallest absolute Gasteiger partial charge is 0.358 e. The van der Waals surface area contributed by atoms with Crippen LogP contribution in [0.3, 0.4) is 0 Å². The average molecular weight is 226 g/mol. The molecule has 1 heterocycles. The summed E-state index contributed by atoms with van der Waals surface area (Å²) in [6, 6.07) is 0.466. The van der Waals surface area contributed by atoms with Crippen LogP contribution in [0, 0.1) is 17.0 Å². The van der Waals surface area contributed by atoms with Crippen molar-refractivity contribution in [2.75, 3.05) is 6.54 Å². The van der Waals surface area contributed by atoms with Gasteiger partial charge in [-0.25, -0.2) is 0 Å². The van der Waals surface area contributed by atoms with E-state index in [1.54, 1.807) is 17.8 Å². The van der Waals surface area contributed by atoms with Gasteiger partial charge in [0.25, 0.3) is 0 Å². The SMILES string of the molecule is Cc1cn(CCCNC(C)C)nc1[N+](=O)[O-]. The highest BCUT2D eigenvalue weighted by molar-refractivity contribution is 5.27. The molecule has 0 saturated heterocycles. The van der Waals surface area contributed by atoms with Crippen molar-refractivity contribution >= 4 is 5.82 Å². The van der Waals surface area contributed by atoms with Crippen LogP contribution in [0.1, 0.15) is 25.8 Å². The van der Waals surface area contributed by atoms with Gasteiger partial charge in [-0.05, 0) is 24.8 Å². The first-order valence-corrected chi connectivity index (χ1v) is 5.42. The molecule has 1 N–H and O–H groups in total. The second-order valence-corrected chi connectivity index (χ2v) is 4.12. The first kappa shape index (κ1) is 12.6. The Hall–Kier alpha value is -1.43. The predicted molar refractivity (Wildman–Crippen MR) is 61.4 cm³/mol. The summed E-state index contributed by atoms with van der Waals surface area (Å²) in [6.45, 7) is 7.47. The van der Waals surface area contributed by atoms with E-state index in [1.165, 1.54) is 0 Å². The Morgan fingerprint density at radius 3 is 2.81 bits per heavy atom. The van der Waals surface area contributed by atoms with Crippen LogP contribution in [-0.4, -0.2) is 27.3 Å². The summed E-state index contributed by atoms with van der Waals surface area (Å²) in [6.07, 6.45) is 2.63. The lowest BCUT2D eigenvalue weighted by Crippen LogP contribution is -2.24. The van der Waals surface area contributed by atoms with Crippen LogP contribution in [0.15, 0.2) is 6.20 Å². The summed E-state index contributed by atoms with van der Waals surface area (Å²) < 4.78 is 1.63. The van der Waals surface area contributed by atoms with E-state index in [2.05, 4.69) is 24.3 Å². The molecule has 6 nitrogen and oxygen atoms in total. The second kappa shape index (κ2) is 5.60. The highest BCUT2D eigenvalue weighted by Gasteiger charge is 2.16. The van der Waals surface area contributed by atoms with Crippen LogP contribution in [0.2, 0.25) is 0 Å². The standard InChI is InChI=1S/C10H18N4O2/c1-8(2)11-5-4-6-13-7-9(3)10(12-13)14(15)16/h7-8,11H,4-6H2,1-3H3. The molecule has 0 aromatic carbocycles. The lowest BCUT2D eigenvalue weighted by atomic mass is 10.3. The molecule has 0 fully saturated rings. The summed E-state index contributed by atoms with van der Waals surface area (Å²) in [5.41, 5.74) is 0.613. The van der Waals surface area contributed by atoms with Crippen molar-refractivity contribution in [3.63, 3.8) is 0 Å². The minimum atomic E-state index is -0.446. The first-order valence-electron chi connectivity index (χ1n) is 5.42. The molecule has 0 amide bonds. The molecule has 0 aliphatic rings. The van der Waals surface area contributed by atoms with Gasteiger partial charge in [0.15, 0.2) is 0 Å². The molecule has 1 aromatic rings. The maximum Gasteiger partial charge on any atom is 0.392 e. The minimum Gasteiger partial charge on any atom is -0.358 e. The lowest BCUT2D eigenvalue weighted by Gasteiger charge is -2.06. The predicted octanol–water partition coefficient (Wildman–Crippen LogP) is 1.49. The van der Waals surface area contributed by atoms with Gasteiger partial charge in [0, 0.05) is 6.04 Å². The van der Waals surface area contributed by atoms with Crippen molar-refractivity contribution < 1.29 is 4.92 Å². The van der Waals surface area contributed by atoms with Crippen LogP contribution >= 0.6 is 0 Å². The molecular weight excluding hydrogens is 208 g/mol. The van der Waals surface area contributed by atoms with E-state index < -0.39 is 4.92 Å². The number of rotatable bonds is 6. The molecule has 1 aromatic heterocycles. The number of aromatic nitrogens is 2. The van der Waals surface area contributed by atoms with Crippen molar-refractivity contribution in [3.8, 4) is 0 Å². The Morgan fingerprint density at radius 2 is 2.31 bits per heavy atom. The molecule has 0 aliphatic heterocycles. The maximum absolute atomic E-state index is 10.6. The largest absolute Gasteiger partial charge is 0.392 e. The molecule has 0 atom stereocenters. The molecule has 0 spiro atoms. The molecule has 6 heteroatoms. The molecule has 0 unspecified atom stereocenters. The minimum absolute atomic E-state index is 0.0446. The van der Waals surface area contributed by atoms with Gasteiger partial charge in [-0.2, -0.15) is 4.68 Å². The zero-order valence-corrected chi connectivity index (χ0v) is 9.93. The highest BCUT2D eigenvalue weighted by Crippen LogP contribution is 2.13. The Morgan fingerprint density at radius 1 is 1.62 bits per heavy atom.